The van der Waals surface area contributed by atoms with E-state index in [9.17, 15) is 14.0 Å². The van der Waals surface area contributed by atoms with E-state index in [4.69, 9.17) is 11.6 Å². The molecule has 1 aromatic heterocycles. The molecule has 1 fully saturated rings. The lowest BCUT2D eigenvalue weighted by atomic mass is 10.0. The van der Waals surface area contributed by atoms with Gasteiger partial charge >= 0.3 is 0 Å². The van der Waals surface area contributed by atoms with E-state index >= 15 is 0 Å². The zero-order chi connectivity index (χ0) is 21.1. The van der Waals surface area contributed by atoms with Crippen molar-refractivity contribution in [2.75, 3.05) is 13.1 Å². The first kappa shape index (κ1) is 20.0. The Morgan fingerprint density at radius 1 is 1.10 bits per heavy atom. The summed E-state index contributed by atoms with van der Waals surface area (Å²) in [4.78, 5) is 26.7. The van der Waals surface area contributed by atoms with E-state index in [1.54, 1.807) is 41.4 Å². The lowest BCUT2D eigenvalue weighted by molar-refractivity contribution is 0.0692. The molecule has 2 aromatic carbocycles. The number of benzene rings is 2. The molecule has 0 unspecified atom stereocenters. The van der Waals surface area contributed by atoms with E-state index in [0.29, 0.717) is 36.6 Å². The Morgan fingerprint density at radius 2 is 1.87 bits per heavy atom. The number of nitrogens with one attached hydrogen (secondary N) is 1. The van der Waals surface area contributed by atoms with E-state index in [-0.39, 0.29) is 23.2 Å². The first-order valence-corrected chi connectivity index (χ1v) is 9.92. The molecule has 2 amide bonds. The molecule has 0 spiro atoms. The van der Waals surface area contributed by atoms with Gasteiger partial charge < -0.3 is 10.2 Å². The number of amides is 2. The average molecular weight is 428 g/mol. The van der Waals surface area contributed by atoms with Gasteiger partial charge in [-0.15, -0.1) is 5.10 Å². The van der Waals surface area contributed by atoms with Crippen molar-refractivity contribution in [2.24, 2.45) is 0 Å². The van der Waals surface area contributed by atoms with Crippen LogP contribution in [0, 0.1) is 5.82 Å². The van der Waals surface area contributed by atoms with E-state index in [2.05, 4.69) is 15.6 Å². The van der Waals surface area contributed by atoms with Crippen LogP contribution in [0.1, 0.15) is 33.7 Å². The number of likely N-dealkylation sites (tertiary alicyclic amines) is 1. The SMILES string of the molecule is O=C(NC1CCN(C(=O)c2cn(-c3cccc(Cl)c3)nn2)CC1)c1ccccc1F. The van der Waals surface area contributed by atoms with Crippen LogP contribution in [0.4, 0.5) is 4.39 Å². The minimum atomic E-state index is -0.551. The van der Waals surface area contributed by atoms with E-state index < -0.39 is 11.7 Å². The molecule has 0 aliphatic carbocycles. The summed E-state index contributed by atoms with van der Waals surface area (Å²) >= 11 is 6.00. The average Bonchev–Trinajstić information content (AvgIpc) is 3.24. The Morgan fingerprint density at radius 3 is 2.60 bits per heavy atom. The summed E-state index contributed by atoms with van der Waals surface area (Å²) in [5.74, 6) is -1.21. The third-order valence-corrected chi connectivity index (χ3v) is 5.26. The summed E-state index contributed by atoms with van der Waals surface area (Å²) in [6.45, 7) is 0.927. The zero-order valence-electron chi connectivity index (χ0n) is 16.0. The van der Waals surface area contributed by atoms with Crippen LogP contribution in [0.5, 0.6) is 0 Å². The fraction of sp³-hybridized carbons (Fsp3) is 0.238. The zero-order valence-corrected chi connectivity index (χ0v) is 16.7. The Labute approximate surface area is 177 Å². The maximum Gasteiger partial charge on any atom is 0.276 e. The monoisotopic (exact) mass is 427 g/mol. The predicted molar refractivity (Wildman–Crippen MR) is 109 cm³/mol. The highest BCUT2D eigenvalue weighted by molar-refractivity contribution is 6.30. The molecule has 0 atom stereocenters. The van der Waals surface area contributed by atoms with Crippen LogP contribution in [-0.2, 0) is 0 Å². The number of rotatable bonds is 4. The number of carbonyl (C=O) groups excluding carboxylic acids is 2. The molecule has 2 heterocycles. The van der Waals surface area contributed by atoms with Gasteiger partial charge in [-0.25, -0.2) is 9.07 Å². The van der Waals surface area contributed by atoms with Gasteiger partial charge in [0, 0.05) is 24.2 Å². The summed E-state index contributed by atoms with van der Waals surface area (Å²) in [7, 11) is 0. The summed E-state index contributed by atoms with van der Waals surface area (Å²) in [5, 5.41) is 11.4. The number of halogens is 2. The summed E-state index contributed by atoms with van der Waals surface area (Å²) in [6, 6.07) is 12.8. The van der Waals surface area contributed by atoms with Crippen LogP contribution in [0.3, 0.4) is 0 Å². The quantitative estimate of drug-likeness (QED) is 0.693. The fourth-order valence-electron chi connectivity index (χ4n) is 3.40. The van der Waals surface area contributed by atoms with E-state index in [0.717, 1.165) is 0 Å². The molecule has 0 saturated carbocycles. The van der Waals surface area contributed by atoms with Crippen LogP contribution < -0.4 is 5.32 Å². The number of piperidine rings is 1. The molecule has 30 heavy (non-hydrogen) atoms. The van der Waals surface area contributed by atoms with Gasteiger partial charge in [0.1, 0.15) is 5.82 Å². The first-order chi connectivity index (χ1) is 14.5. The number of hydrogen-bond acceptors (Lipinski definition) is 4. The number of aromatic nitrogens is 3. The largest absolute Gasteiger partial charge is 0.349 e. The fourth-order valence-corrected chi connectivity index (χ4v) is 3.59. The van der Waals surface area contributed by atoms with Crippen LogP contribution >= 0.6 is 11.6 Å². The lowest BCUT2D eigenvalue weighted by Crippen LogP contribution is -2.46. The van der Waals surface area contributed by atoms with Gasteiger partial charge in [0.2, 0.25) is 0 Å². The minimum absolute atomic E-state index is 0.0219. The highest BCUT2D eigenvalue weighted by Crippen LogP contribution is 2.17. The summed E-state index contributed by atoms with van der Waals surface area (Å²) in [6.07, 6.45) is 2.72. The van der Waals surface area contributed by atoms with Crippen molar-refractivity contribution >= 4 is 23.4 Å². The molecule has 9 heteroatoms. The number of carbonyl (C=O) groups is 2. The van der Waals surface area contributed by atoms with Crippen molar-refractivity contribution in [2.45, 2.75) is 18.9 Å². The Balaban J connectivity index is 1.35. The van der Waals surface area contributed by atoms with Crippen molar-refractivity contribution in [3.05, 3.63) is 76.8 Å². The summed E-state index contributed by atoms with van der Waals surface area (Å²) < 4.78 is 15.3. The van der Waals surface area contributed by atoms with Crippen molar-refractivity contribution in [1.82, 2.24) is 25.2 Å². The van der Waals surface area contributed by atoms with Gasteiger partial charge in [0.25, 0.3) is 11.8 Å². The van der Waals surface area contributed by atoms with Gasteiger partial charge in [-0.1, -0.05) is 35.0 Å². The smallest absolute Gasteiger partial charge is 0.276 e. The maximum atomic E-state index is 13.8. The third kappa shape index (κ3) is 4.33. The second kappa shape index (κ2) is 8.62. The van der Waals surface area contributed by atoms with Gasteiger partial charge in [-0.2, -0.15) is 0 Å². The molecule has 1 aliphatic heterocycles. The van der Waals surface area contributed by atoms with Crippen molar-refractivity contribution < 1.29 is 14.0 Å². The highest BCUT2D eigenvalue weighted by Gasteiger charge is 2.27. The second-order valence-electron chi connectivity index (χ2n) is 7.05. The van der Waals surface area contributed by atoms with Gasteiger partial charge in [0.05, 0.1) is 17.4 Å². The first-order valence-electron chi connectivity index (χ1n) is 9.54. The second-order valence-corrected chi connectivity index (χ2v) is 7.48. The molecular formula is C21H19ClFN5O2. The topological polar surface area (TPSA) is 80.1 Å². The van der Waals surface area contributed by atoms with Crippen LogP contribution in [0.15, 0.2) is 54.7 Å². The van der Waals surface area contributed by atoms with Crippen LogP contribution in [0.25, 0.3) is 5.69 Å². The molecule has 7 nitrogen and oxygen atoms in total. The van der Waals surface area contributed by atoms with Crippen molar-refractivity contribution in [1.29, 1.82) is 0 Å². The van der Waals surface area contributed by atoms with E-state index in [1.807, 2.05) is 6.07 Å². The van der Waals surface area contributed by atoms with Crippen LogP contribution in [0.2, 0.25) is 5.02 Å². The Hall–Kier alpha value is -3.26. The van der Waals surface area contributed by atoms with Gasteiger partial charge in [-0.05, 0) is 43.2 Å². The molecule has 1 N–H and O–H groups in total. The molecule has 154 valence electrons. The molecule has 0 bridgehead atoms. The molecular weight excluding hydrogens is 409 g/mol. The minimum Gasteiger partial charge on any atom is -0.349 e. The molecule has 0 radical (unpaired) electrons. The van der Waals surface area contributed by atoms with Crippen molar-refractivity contribution in [3.8, 4) is 5.69 Å². The predicted octanol–water partition coefficient (Wildman–Crippen LogP) is 3.09. The van der Waals surface area contributed by atoms with Crippen LogP contribution in [-0.4, -0.2) is 50.8 Å². The maximum absolute atomic E-state index is 13.8. The number of hydrogen-bond donors (Lipinski definition) is 1. The van der Waals surface area contributed by atoms with Gasteiger partial charge in [-0.3, -0.25) is 9.59 Å². The molecule has 4 rings (SSSR count). The standard InChI is InChI=1S/C21H19ClFN5O2/c22-14-4-3-5-16(12-14)28-13-19(25-26-28)21(30)27-10-8-15(9-11-27)24-20(29)17-6-1-2-7-18(17)23/h1-7,12-13,15H,8-11H2,(H,24,29). The molecule has 1 aliphatic rings. The normalized spacial score (nSPS) is 14.5. The summed E-state index contributed by atoms with van der Waals surface area (Å²) in [5.41, 5.74) is 0.973. The molecule has 3 aromatic rings. The Kier molecular flexibility index (Phi) is 5.76. The molecule has 1 saturated heterocycles. The van der Waals surface area contributed by atoms with Gasteiger partial charge in [0.15, 0.2) is 5.69 Å². The highest BCUT2D eigenvalue weighted by atomic mass is 35.5. The Bertz CT molecular complexity index is 1080. The number of nitrogens with zero attached hydrogens (tertiary/aromatic N) is 4. The third-order valence-electron chi connectivity index (χ3n) is 5.02. The van der Waals surface area contributed by atoms with Crippen molar-refractivity contribution in [3.63, 3.8) is 0 Å². The lowest BCUT2D eigenvalue weighted by Gasteiger charge is -2.31. The van der Waals surface area contributed by atoms with E-state index in [1.165, 1.54) is 16.8 Å².